The molecule has 0 bridgehead atoms. The summed E-state index contributed by atoms with van der Waals surface area (Å²) in [6.07, 6.45) is 0. The maximum absolute atomic E-state index is 6.28. The van der Waals surface area contributed by atoms with Gasteiger partial charge in [-0.3, -0.25) is 0 Å². The highest BCUT2D eigenvalue weighted by Crippen LogP contribution is 2.34. The van der Waals surface area contributed by atoms with Gasteiger partial charge in [0.15, 0.2) is 11.5 Å². The molecule has 0 unspecified atom stereocenters. The van der Waals surface area contributed by atoms with E-state index in [9.17, 15) is 0 Å². The van der Waals surface area contributed by atoms with Crippen molar-refractivity contribution in [2.24, 2.45) is 0 Å². The fraction of sp³-hybridized carbons (Fsp3) is 0.217. The lowest BCUT2D eigenvalue weighted by molar-refractivity contribution is 0.267. The molecular weight excluding hydrogens is 429 g/mol. The van der Waals surface area contributed by atoms with Crippen LogP contribution in [0.15, 0.2) is 54.6 Å². The lowest BCUT2D eigenvalue weighted by atomic mass is 10.1. The fourth-order valence-corrected chi connectivity index (χ4v) is 3.47. The first kappa shape index (κ1) is 21.6. The highest BCUT2D eigenvalue weighted by atomic mass is 35.5. The first-order chi connectivity index (χ1) is 14.0. The van der Waals surface area contributed by atoms with Crippen molar-refractivity contribution in [2.75, 3.05) is 11.9 Å². The Hall–Kier alpha value is -2.07. The van der Waals surface area contributed by atoms with Crippen LogP contribution in [0.2, 0.25) is 15.1 Å². The van der Waals surface area contributed by atoms with Crippen LogP contribution in [0, 0.1) is 6.92 Å². The molecule has 0 aliphatic carbocycles. The summed E-state index contributed by atoms with van der Waals surface area (Å²) in [5.74, 6) is 1.38. The minimum Gasteiger partial charge on any atom is -0.490 e. The molecule has 3 aromatic carbocycles. The number of benzene rings is 3. The number of anilines is 1. The number of hydrogen-bond acceptors (Lipinski definition) is 3. The molecule has 0 fully saturated rings. The summed E-state index contributed by atoms with van der Waals surface area (Å²) in [6, 6.07) is 17.1. The second-order valence-electron chi connectivity index (χ2n) is 6.52. The summed E-state index contributed by atoms with van der Waals surface area (Å²) in [6.45, 7) is 5.33. The second kappa shape index (κ2) is 10.1. The molecule has 3 aromatic rings. The highest BCUT2D eigenvalue weighted by Gasteiger charge is 2.13. The molecule has 1 N–H and O–H groups in total. The van der Waals surface area contributed by atoms with Gasteiger partial charge in [0, 0.05) is 38.4 Å². The Morgan fingerprint density at radius 3 is 2.41 bits per heavy atom. The van der Waals surface area contributed by atoms with Crippen LogP contribution in [0.1, 0.15) is 23.6 Å². The molecule has 0 radical (unpaired) electrons. The van der Waals surface area contributed by atoms with Crippen LogP contribution in [0.5, 0.6) is 11.5 Å². The number of nitrogens with one attached hydrogen (secondary N) is 1. The van der Waals surface area contributed by atoms with Crippen molar-refractivity contribution in [3.05, 3.63) is 86.4 Å². The van der Waals surface area contributed by atoms with E-state index < -0.39 is 0 Å². The first-order valence-electron chi connectivity index (χ1n) is 9.29. The topological polar surface area (TPSA) is 30.5 Å². The number of ether oxygens (including phenoxy) is 2. The zero-order chi connectivity index (χ0) is 20.8. The number of rotatable bonds is 8. The van der Waals surface area contributed by atoms with E-state index in [0.717, 1.165) is 27.4 Å². The molecular formula is C23H22Cl3NO2. The van der Waals surface area contributed by atoms with Crippen LogP contribution in [-0.2, 0) is 13.2 Å². The monoisotopic (exact) mass is 449 g/mol. The molecule has 29 heavy (non-hydrogen) atoms. The van der Waals surface area contributed by atoms with Crippen LogP contribution in [0.4, 0.5) is 5.69 Å². The van der Waals surface area contributed by atoms with Gasteiger partial charge in [0.25, 0.3) is 0 Å². The highest BCUT2D eigenvalue weighted by molar-refractivity contribution is 6.35. The molecule has 0 spiro atoms. The van der Waals surface area contributed by atoms with Crippen LogP contribution in [0.3, 0.4) is 0 Å². The Labute approximate surface area is 186 Å². The molecule has 0 aliphatic rings. The largest absolute Gasteiger partial charge is 0.490 e. The lowest BCUT2D eigenvalue weighted by Gasteiger charge is -2.17. The van der Waals surface area contributed by atoms with Gasteiger partial charge < -0.3 is 14.8 Å². The molecule has 0 saturated heterocycles. The van der Waals surface area contributed by atoms with E-state index >= 15 is 0 Å². The van der Waals surface area contributed by atoms with Crippen molar-refractivity contribution >= 4 is 40.5 Å². The average Bonchev–Trinajstić information content (AvgIpc) is 2.69. The van der Waals surface area contributed by atoms with Crippen LogP contribution in [-0.4, -0.2) is 6.61 Å². The van der Waals surface area contributed by atoms with Gasteiger partial charge in [-0.2, -0.15) is 0 Å². The van der Waals surface area contributed by atoms with Crippen molar-refractivity contribution in [2.45, 2.75) is 27.0 Å². The van der Waals surface area contributed by atoms with E-state index in [1.54, 1.807) is 12.1 Å². The number of para-hydroxylation sites is 1. The zero-order valence-corrected chi connectivity index (χ0v) is 18.5. The van der Waals surface area contributed by atoms with Crippen molar-refractivity contribution in [3.8, 4) is 11.5 Å². The second-order valence-corrected chi connectivity index (χ2v) is 7.77. The SMILES string of the molecule is CCOc1cccc(CNc2ccc(C)c(Cl)c2)c1OCc1ccc(Cl)cc1Cl. The van der Waals surface area contributed by atoms with Crippen molar-refractivity contribution in [1.29, 1.82) is 0 Å². The average molecular weight is 451 g/mol. The maximum Gasteiger partial charge on any atom is 0.166 e. The van der Waals surface area contributed by atoms with Gasteiger partial charge in [0.2, 0.25) is 0 Å². The number of halogens is 3. The summed E-state index contributed by atoms with van der Waals surface area (Å²) >= 11 is 18.5. The standard InChI is InChI=1S/C23H22Cl3NO2/c1-3-28-22-6-4-5-16(13-27-19-10-7-15(2)20(25)12-19)23(22)29-14-17-8-9-18(24)11-21(17)26/h4-12,27H,3,13-14H2,1-2H3. The van der Waals surface area contributed by atoms with Gasteiger partial charge >= 0.3 is 0 Å². The summed E-state index contributed by atoms with van der Waals surface area (Å²) in [4.78, 5) is 0. The summed E-state index contributed by atoms with van der Waals surface area (Å²) < 4.78 is 11.9. The smallest absolute Gasteiger partial charge is 0.166 e. The quantitative estimate of drug-likeness (QED) is 0.384. The Kier molecular flexibility index (Phi) is 7.54. The first-order valence-corrected chi connectivity index (χ1v) is 10.4. The molecule has 0 aromatic heterocycles. The predicted molar refractivity (Wildman–Crippen MR) is 122 cm³/mol. The van der Waals surface area contributed by atoms with Crippen molar-refractivity contribution < 1.29 is 9.47 Å². The van der Waals surface area contributed by atoms with E-state index in [0.29, 0.717) is 41.3 Å². The number of aryl methyl sites for hydroxylation is 1. The van der Waals surface area contributed by atoms with E-state index in [1.165, 1.54) is 0 Å². The summed E-state index contributed by atoms with van der Waals surface area (Å²) in [5, 5.41) is 5.28. The molecule has 0 amide bonds. The van der Waals surface area contributed by atoms with Gasteiger partial charge in [-0.15, -0.1) is 0 Å². The third kappa shape index (κ3) is 5.72. The van der Waals surface area contributed by atoms with E-state index in [1.807, 2.05) is 56.3 Å². The molecule has 0 saturated carbocycles. The fourth-order valence-electron chi connectivity index (χ4n) is 2.82. The minimum absolute atomic E-state index is 0.309. The predicted octanol–water partition coefficient (Wildman–Crippen LogP) is 7.55. The summed E-state index contributed by atoms with van der Waals surface area (Å²) in [7, 11) is 0. The van der Waals surface area contributed by atoms with Gasteiger partial charge in [-0.05, 0) is 49.7 Å². The van der Waals surface area contributed by atoms with E-state index in [4.69, 9.17) is 44.3 Å². The molecule has 0 aliphatic heterocycles. The van der Waals surface area contributed by atoms with Crippen LogP contribution >= 0.6 is 34.8 Å². The van der Waals surface area contributed by atoms with Crippen LogP contribution in [0.25, 0.3) is 0 Å². The molecule has 6 heteroatoms. The summed E-state index contributed by atoms with van der Waals surface area (Å²) in [5.41, 5.74) is 3.80. The minimum atomic E-state index is 0.309. The Morgan fingerprint density at radius 1 is 0.862 bits per heavy atom. The van der Waals surface area contributed by atoms with Crippen molar-refractivity contribution in [1.82, 2.24) is 0 Å². The maximum atomic E-state index is 6.28. The zero-order valence-electron chi connectivity index (χ0n) is 16.3. The third-order valence-corrected chi connectivity index (χ3v) is 5.40. The van der Waals surface area contributed by atoms with Crippen LogP contribution < -0.4 is 14.8 Å². The normalized spacial score (nSPS) is 10.7. The van der Waals surface area contributed by atoms with Gasteiger partial charge in [-0.1, -0.05) is 59.1 Å². The van der Waals surface area contributed by atoms with Gasteiger partial charge in [0.05, 0.1) is 6.61 Å². The molecule has 0 heterocycles. The lowest BCUT2D eigenvalue weighted by Crippen LogP contribution is -2.06. The molecule has 0 atom stereocenters. The van der Waals surface area contributed by atoms with E-state index in [-0.39, 0.29) is 0 Å². The Morgan fingerprint density at radius 2 is 1.69 bits per heavy atom. The molecule has 3 rings (SSSR count). The van der Waals surface area contributed by atoms with E-state index in [2.05, 4.69) is 5.32 Å². The molecule has 3 nitrogen and oxygen atoms in total. The van der Waals surface area contributed by atoms with Gasteiger partial charge in [-0.25, -0.2) is 0 Å². The Bertz CT molecular complexity index is 992. The number of hydrogen-bond donors (Lipinski definition) is 1. The molecule has 152 valence electrons. The Balaban J connectivity index is 1.80. The third-order valence-electron chi connectivity index (χ3n) is 4.40. The van der Waals surface area contributed by atoms with Gasteiger partial charge in [0.1, 0.15) is 6.61 Å². The van der Waals surface area contributed by atoms with Crippen molar-refractivity contribution in [3.63, 3.8) is 0 Å².